The zero-order valence-corrected chi connectivity index (χ0v) is 9.53. The number of amides is 1. The van der Waals surface area contributed by atoms with E-state index in [4.69, 9.17) is 5.73 Å². The van der Waals surface area contributed by atoms with Gasteiger partial charge in [0.05, 0.1) is 0 Å². The normalized spacial score (nSPS) is 12.3. The lowest BCUT2D eigenvalue weighted by Gasteiger charge is -2.11. The zero-order chi connectivity index (χ0) is 11.4. The number of rotatable bonds is 3. The molecule has 3 heteroatoms. The van der Waals surface area contributed by atoms with Gasteiger partial charge in [-0.2, -0.15) is 0 Å². The average Bonchev–Trinajstić information content (AvgIpc) is 2.17. The molecule has 0 aliphatic rings. The molecule has 0 unspecified atom stereocenters. The average molecular weight is 206 g/mol. The summed E-state index contributed by atoms with van der Waals surface area (Å²) in [5.74, 6) is 0.0300. The summed E-state index contributed by atoms with van der Waals surface area (Å²) < 4.78 is 0. The Balaban J connectivity index is 2.76. The van der Waals surface area contributed by atoms with Crippen LogP contribution in [-0.2, 0) is 6.42 Å². The van der Waals surface area contributed by atoms with Crippen molar-refractivity contribution in [3.05, 3.63) is 35.4 Å². The van der Waals surface area contributed by atoms with Gasteiger partial charge in [0, 0.05) is 25.7 Å². The van der Waals surface area contributed by atoms with Crippen molar-refractivity contribution >= 4 is 5.91 Å². The van der Waals surface area contributed by atoms with E-state index < -0.39 is 0 Å². The van der Waals surface area contributed by atoms with E-state index >= 15 is 0 Å². The Morgan fingerprint density at radius 1 is 1.33 bits per heavy atom. The topological polar surface area (TPSA) is 46.3 Å². The molecule has 1 amide bonds. The van der Waals surface area contributed by atoms with E-state index in [9.17, 15) is 4.79 Å². The largest absolute Gasteiger partial charge is 0.345 e. The maximum atomic E-state index is 11.6. The third-order valence-electron chi connectivity index (χ3n) is 2.16. The molecule has 2 N–H and O–H groups in total. The summed E-state index contributed by atoms with van der Waals surface area (Å²) in [6.45, 7) is 1.97. The van der Waals surface area contributed by atoms with Crippen LogP contribution in [0, 0.1) is 0 Å². The predicted molar refractivity (Wildman–Crippen MR) is 61.8 cm³/mol. The van der Waals surface area contributed by atoms with Crippen molar-refractivity contribution in [2.75, 3.05) is 14.1 Å². The third kappa shape index (κ3) is 3.36. The maximum absolute atomic E-state index is 11.6. The molecule has 3 nitrogen and oxygen atoms in total. The number of nitrogens with two attached hydrogens (primary N) is 1. The van der Waals surface area contributed by atoms with Gasteiger partial charge in [0.25, 0.3) is 5.91 Å². The molecule has 1 aromatic carbocycles. The van der Waals surface area contributed by atoms with Gasteiger partial charge in [-0.25, -0.2) is 0 Å². The second kappa shape index (κ2) is 4.94. The van der Waals surface area contributed by atoms with Crippen LogP contribution in [0.2, 0.25) is 0 Å². The Bertz CT molecular complexity index is 328. The van der Waals surface area contributed by atoms with Crippen molar-refractivity contribution in [2.45, 2.75) is 19.4 Å². The highest BCUT2D eigenvalue weighted by molar-refractivity contribution is 5.93. The molecule has 0 aliphatic heterocycles. The van der Waals surface area contributed by atoms with Gasteiger partial charge in [0.15, 0.2) is 0 Å². The highest BCUT2D eigenvalue weighted by Crippen LogP contribution is 2.07. The molecule has 0 fully saturated rings. The molecule has 1 rings (SSSR count). The highest BCUT2D eigenvalue weighted by atomic mass is 16.2. The van der Waals surface area contributed by atoms with Crippen LogP contribution in [0.5, 0.6) is 0 Å². The maximum Gasteiger partial charge on any atom is 0.253 e. The summed E-state index contributed by atoms with van der Waals surface area (Å²) in [4.78, 5) is 13.1. The van der Waals surface area contributed by atoms with E-state index in [1.54, 1.807) is 19.0 Å². The fraction of sp³-hybridized carbons (Fsp3) is 0.417. The Morgan fingerprint density at radius 3 is 2.27 bits per heavy atom. The molecular weight excluding hydrogens is 188 g/mol. The molecule has 0 aliphatic carbocycles. The van der Waals surface area contributed by atoms with Gasteiger partial charge in [-0.1, -0.05) is 12.1 Å². The second-order valence-electron chi connectivity index (χ2n) is 4.08. The minimum Gasteiger partial charge on any atom is -0.345 e. The van der Waals surface area contributed by atoms with Crippen molar-refractivity contribution in [2.24, 2.45) is 5.73 Å². The number of carbonyl (C=O) groups excluding carboxylic acids is 1. The van der Waals surface area contributed by atoms with E-state index in [1.165, 1.54) is 5.56 Å². The summed E-state index contributed by atoms with van der Waals surface area (Å²) in [6, 6.07) is 7.76. The van der Waals surface area contributed by atoms with Crippen molar-refractivity contribution in [3.63, 3.8) is 0 Å². The zero-order valence-electron chi connectivity index (χ0n) is 9.53. The van der Waals surface area contributed by atoms with Crippen LogP contribution >= 0.6 is 0 Å². The van der Waals surface area contributed by atoms with Crippen molar-refractivity contribution < 1.29 is 4.79 Å². The van der Waals surface area contributed by atoms with Gasteiger partial charge in [0.1, 0.15) is 0 Å². The molecule has 0 bridgehead atoms. The van der Waals surface area contributed by atoms with Gasteiger partial charge >= 0.3 is 0 Å². The van der Waals surface area contributed by atoms with Crippen molar-refractivity contribution in [1.29, 1.82) is 0 Å². The Morgan fingerprint density at radius 2 is 1.87 bits per heavy atom. The van der Waals surface area contributed by atoms with Crippen molar-refractivity contribution in [1.82, 2.24) is 4.90 Å². The van der Waals surface area contributed by atoms with Crippen LogP contribution in [0.15, 0.2) is 24.3 Å². The van der Waals surface area contributed by atoms with E-state index in [0.29, 0.717) is 5.56 Å². The van der Waals surface area contributed by atoms with E-state index in [-0.39, 0.29) is 11.9 Å². The van der Waals surface area contributed by atoms with Gasteiger partial charge in [-0.05, 0) is 31.0 Å². The molecule has 1 atom stereocenters. The first kappa shape index (κ1) is 11.7. The summed E-state index contributed by atoms with van der Waals surface area (Å²) in [6.07, 6.45) is 0.844. The van der Waals surface area contributed by atoms with Gasteiger partial charge < -0.3 is 10.6 Å². The summed E-state index contributed by atoms with van der Waals surface area (Å²) in [5, 5.41) is 0. The standard InChI is InChI=1S/C12H18N2O/c1-9(13)8-10-4-6-11(7-5-10)12(15)14(2)3/h4-7,9H,8,13H2,1-3H3/t9-/m0/s1. The van der Waals surface area contributed by atoms with Crippen LogP contribution in [0.25, 0.3) is 0 Å². The van der Waals surface area contributed by atoms with Crippen LogP contribution in [-0.4, -0.2) is 30.9 Å². The summed E-state index contributed by atoms with van der Waals surface area (Å²) in [5.41, 5.74) is 7.58. The quantitative estimate of drug-likeness (QED) is 0.809. The molecule has 82 valence electrons. The first-order valence-electron chi connectivity index (χ1n) is 5.07. The Kier molecular flexibility index (Phi) is 3.86. The van der Waals surface area contributed by atoms with Crippen LogP contribution in [0.3, 0.4) is 0 Å². The molecule has 0 saturated heterocycles. The molecule has 0 spiro atoms. The fourth-order valence-electron chi connectivity index (χ4n) is 1.41. The van der Waals surface area contributed by atoms with E-state index in [0.717, 1.165) is 6.42 Å². The van der Waals surface area contributed by atoms with Crippen LogP contribution < -0.4 is 5.73 Å². The monoisotopic (exact) mass is 206 g/mol. The Labute approximate surface area is 90.9 Å². The van der Waals surface area contributed by atoms with Gasteiger partial charge in [-0.3, -0.25) is 4.79 Å². The fourth-order valence-corrected chi connectivity index (χ4v) is 1.41. The molecule has 0 heterocycles. The third-order valence-corrected chi connectivity index (χ3v) is 2.16. The number of nitrogens with zero attached hydrogens (tertiary/aromatic N) is 1. The highest BCUT2D eigenvalue weighted by Gasteiger charge is 2.07. The first-order valence-corrected chi connectivity index (χ1v) is 5.07. The summed E-state index contributed by atoms with van der Waals surface area (Å²) >= 11 is 0. The van der Waals surface area contributed by atoms with Crippen molar-refractivity contribution in [3.8, 4) is 0 Å². The van der Waals surface area contributed by atoms with Gasteiger partial charge in [0.2, 0.25) is 0 Å². The molecule has 0 saturated carbocycles. The summed E-state index contributed by atoms with van der Waals surface area (Å²) in [7, 11) is 3.50. The van der Waals surface area contributed by atoms with Crippen LogP contribution in [0.4, 0.5) is 0 Å². The minimum atomic E-state index is 0.0300. The number of benzene rings is 1. The molecular formula is C12H18N2O. The lowest BCUT2D eigenvalue weighted by molar-refractivity contribution is 0.0827. The minimum absolute atomic E-state index is 0.0300. The lowest BCUT2D eigenvalue weighted by Crippen LogP contribution is -2.21. The van der Waals surface area contributed by atoms with E-state index in [1.807, 2.05) is 31.2 Å². The number of hydrogen-bond acceptors (Lipinski definition) is 2. The predicted octanol–water partition coefficient (Wildman–Crippen LogP) is 1.28. The van der Waals surface area contributed by atoms with E-state index in [2.05, 4.69) is 0 Å². The smallest absolute Gasteiger partial charge is 0.253 e. The molecule has 15 heavy (non-hydrogen) atoms. The SMILES string of the molecule is C[C@H](N)Cc1ccc(C(=O)N(C)C)cc1. The number of hydrogen-bond donors (Lipinski definition) is 1. The Hall–Kier alpha value is -1.35. The first-order chi connectivity index (χ1) is 7.00. The van der Waals surface area contributed by atoms with Crippen LogP contribution in [0.1, 0.15) is 22.8 Å². The molecule has 0 aromatic heterocycles. The second-order valence-corrected chi connectivity index (χ2v) is 4.08. The molecule has 1 aromatic rings. The molecule has 0 radical (unpaired) electrons. The van der Waals surface area contributed by atoms with Gasteiger partial charge in [-0.15, -0.1) is 0 Å². The lowest BCUT2D eigenvalue weighted by atomic mass is 10.1. The number of carbonyl (C=O) groups is 1.